The Hall–Kier alpha value is -0.670. The van der Waals surface area contributed by atoms with E-state index in [-0.39, 0.29) is 6.10 Å². The van der Waals surface area contributed by atoms with Crippen LogP contribution in [0.2, 0.25) is 5.15 Å². The summed E-state index contributed by atoms with van der Waals surface area (Å²) in [6.07, 6.45) is 4.42. The first-order chi connectivity index (χ1) is 6.22. The topological polar surface area (TPSA) is 35.0 Å². The molecule has 0 saturated carbocycles. The maximum atomic E-state index is 5.59. The molecule has 1 heterocycles. The quantitative estimate of drug-likeness (QED) is 0.749. The summed E-state index contributed by atoms with van der Waals surface area (Å²) in [6, 6.07) is 0. The van der Waals surface area contributed by atoms with E-state index in [1.807, 2.05) is 6.92 Å². The van der Waals surface area contributed by atoms with Crippen molar-refractivity contribution in [2.24, 2.45) is 0 Å². The van der Waals surface area contributed by atoms with Gasteiger partial charge in [0.1, 0.15) is 5.15 Å². The number of nitrogens with zero attached hydrogens (tertiary/aromatic N) is 2. The van der Waals surface area contributed by atoms with Crippen LogP contribution in [0, 0.1) is 0 Å². The highest BCUT2D eigenvalue weighted by Crippen LogP contribution is 2.04. The largest absolute Gasteiger partial charge is 0.372 e. The maximum Gasteiger partial charge on any atom is 0.147 e. The summed E-state index contributed by atoms with van der Waals surface area (Å²) in [6.45, 7) is 4.61. The summed E-state index contributed by atoms with van der Waals surface area (Å²) in [4.78, 5) is 7.97. The first-order valence-corrected chi connectivity index (χ1v) is 4.68. The standard InChI is InChI=1S/C9H13ClN2O/c1-3-7(2)13-6-8-4-12-9(10)5-11-8/h4-5,7H,3,6H2,1-2H3. The normalized spacial score (nSPS) is 12.8. The molecule has 0 radical (unpaired) electrons. The molecule has 0 fully saturated rings. The summed E-state index contributed by atoms with van der Waals surface area (Å²) < 4.78 is 5.47. The summed E-state index contributed by atoms with van der Waals surface area (Å²) in [5.74, 6) is 0. The summed E-state index contributed by atoms with van der Waals surface area (Å²) >= 11 is 5.59. The molecule has 0 amide bonds. The van der Waals surface area contributed by atoms with Crippen molar-refractivity contribution in [3.8, 4) is 0 Å². The van der Waals surface area contributed by atoms with Gasteiger partial charge in [0, 0.05) is 0 Å². The smallest absolute Gasteiger partial charge is 0.147 e. The Morgan fingerprint density at radius 3 is 2.77 bits per heavy atom. The highest BCUT2D eigenvalue weighted by atomic mass is 35.5. The molecule has 0 saturated heterocycles. The summed E-state index contributed by atoms with van der Waals surface area (Å²) in [7, 11) is 0. The lowest BCUT2D eigenvalue weighted by molar-refractivity contribution is 0.0487. The number of ether oxygens (including phenoxy) is 1. The van der Waals surface area contributed by atoms with Gasteiger partial charge in [0.2, 0.25) is 0 Å². The zero-order valence-electron chi connectivity index (χ0n) is 7.83. The number of hydrogen-bond acceptors (Lipinski definition) is 3. The average Bonchev–Trinajstić information content (AvgIpc) is 2.16. The molecule has 0 aliphatic rings. The van der Waals surface area contributed by atoms with E-state index in [0.29, 0.717) is 11.8 Å². The fourth-order valence-electron chi connectivity index (χ4n) is 0.759. The Morgan fingerprint density at radius 2 is 2.23 bits per heavy atom. The number of halogens is 1. The van der Waals surface area contributed by atoms with E-state index in [1.165, 1.54) is 6.20 Å². The van der Waals surface area contributed by atoms with E-state index < -0.39 is 0 Å². The van der Waals surface area contributed by atoms with Crippen molar-refractivity contribution in [2.45, 2.75) is 33.0 Å². The van der Waals surface area contributed by atoms with Gasteiger partial charge < -0.3 is 4.74 Å². The molecule has 0 bridgehead atoms. The van der Waals surface area contributed by atoms with Crippen LogP contribution in [0.1, 0.15) is 26.0 Å². The van der Waals surface area contributed by atoms with Crippen molar-refractivity contribution < 1.29 is 4.74 Å². The van der Waals surface area contributed by atoms with E-state index in [2.05, 4.69) is 16.9 Å². The van der Waals surface area contributed by atoms with Gasteiger partial charge in [0.05, 0.1) is 30.8 Å². The van der Waals surface area contributed by atoms with Crippen molar-refractivity contribution >= 4 is 11.6 Å². The molecule has 1 atom stereocenters. The van der Waals surface area contributed by atoms with Crippen LogP contribution in [-0.4, -0.2) is 16.1 Å². The molecule has 1 rings (SSSR count). The third-order valence-electron chi connectivity index (χ3n) is 1.76. The van der Waals surface area contributed by atoms with E-state index >= 15 is 0 Å². The van der Waals surface area contributed by atoms with Gasteiger partial charge in [-0.3, -0.25) is 4.98 Å². The van der Waals surface area contributed by atoms with E-state index in [4.69, 9.17) is 16.3 Å². The van der Waals surface area contributed by atoms with Gasteiger partial charge in [0.25, 0.3) is 0 Å². The average molecular weight is 201 g/mol. The molecule has 0 aromatic carbocycles. The van der Waals surface area contributed by atoms with Crippen molar-refractivity contribution in [1.82, 2.24) is 9.97 Å². The summed E-state index contributed by atoms with van der Waals surface area (Å²) in [5.41, 5.74) is 0.810. The number of aromatic nitrogens is 2. The van der Waals surface area contributed by atoms with E-state index in [9.17, 15) is 0 Å². The Bertz CT molecular complexity index is 250. The third kappa shape index (κ3) is 3.70. The lowest BCUT2D eigenvalue weighted by Gasteiger charge is -2.09. The second-order valence-corrected chi connectivity index (χ2v) is 3.25. The van der Waals surface area contributed by atoms with Crippen molar-refractivity contribution in [2.75, 3.05) is 0 Å². The lowest BCUT2D eigenvalue weighted by Crippen LogP contribution is -2.07. The first kappa shape index (κ1) is 10.4. The predicted molar refractivity (Wildman–Crippen MR) is 51.6 cm³/mol. The van der Waals surface area contributed by atoms with E-state index in [1.54, 1.807) is 6.20 Å². The fraction of sp³-hybridized carbons (Fsp3) is 0.556. The van der Waals surface area contributed by atoms with Gasteiger partial charge in [-0.2, -0.15) is 0 Å². The Morgan fingerprint density at radius 1 is 1.46 bits per heavy atom. The van der Waals surface area contributed by atoms with Gasteiger partial charge in [-0.25, -0.2) is 4.98 Å². The molecule has 3 nitrogen and oxygen atoms in total. The van der Waals surface area contributed by atoms with Gasteiger partial charge in [-0.1, -0.05) is 18.5 Å². The van der Waals surface area contributed by atoms with Crippen LogP contribution < -0.4 is 0 Å². The lowest BCUT2D eigenvalue weighted by atomic mass is 10.3. The Balaban J connectivity index is 2.41. The highest BCUT2D eigenvalue weighted by molar-refractivity contribution is 6.29. The SMILES string of the molecule is CCC(C)OCc1cnc(Cl)cn1. The molecule has 4 heteroatoms. The second-order valence-electron chi connectivity index (χ2n) is 2.86. The molecule has 1 aromatic rings. The zero-order chi connectivity index (χ0) is 9.68. The molecule has 1 unspecified atom stereocenters. The van der Waals surface area contributed by atoms with Crippen LogP contribution in [0.25, 0.3) is 0 Å². The fourth-order valence-corrected chi connectivity index (χ4v) is 0.857. The molecule has 0 N–H and O–H groups in total. The third-order valence-corrected chi connectivity index (χ3v) is 1.96. The van der Waals surface area contributed by atoms with Crippen molar-refractivity contribution in [3.63, 3.8) is 0 Å². The Labute approximate surface area is 83.1 Å². The molecule has 0 aliphatic heterocycles. The monoisotopic (exact) mass is 200 g/mol. The summed E-state index contributed by atoms with van der Waals surface area (Å²) in [5, 5.41) is 0.410. The molecule has 1 aromatic heterocycles. The number of rotatable bonds is 4. The van der Waals surface area contributed by atoms with E-state index in [0.717, 1.165) is 12.1 Å². The van der Waals surface area contributed by atoms with Gasteiger partial charge in [0.15, 0.2) is 0 Å². The van der Waals surface area contributed by atoms with Gasteiger partial charge in [-0.05, 0) is 13.3 Å². The van der Waals surface area contributed by atoms with Crippen molar-refractivity contribution in [1.29, 1.82) is 0 Å². The number of hydrogen-bond donors (Lipinski definition) is 0. The molecular weight excluding hydrogens is 188 g/mol. The minimum atomic E-state index is 0.262. The molecular formula is C9H13ClN2O. The van der Waals surface area contributed by atoms with Crippen LogP contribution in [0.15, 0.2) is 12.4 Å². The maximum absolute atomic E-state index is 5.59. The molecule has 0 spiro atoms. The van der Waals surface area contributed by atoms with Crippen molar-refractivity contribution in [3.05, 3.63) is 23.2 Å². The molecule has 0 aliphatic carbocycles. The minimum Gasteiger partial charge on any atom is -0.372 e. The zero-order valence-corrected chi connectivity index (χ0v) is 8.58. The Kier molecular flexibility index (Phi) is 4.12. The minimum absolute atomic E-state index is 0.262. The highest BCUT2D eigenvalue weighted by Gasteiger charge is 2.00. The second kappa shape index (κ2) is 5.14. The molecule has 72 valence electrons. The predicted octanol–water partition coefficient (Wildman–Crippen LogP) is 2.45. The van der Waals surface area contributed by atoms with Crippen LogP contribution in [0.3, 0.4) is 0 Å². The first-order valence-electron chi connectivity index (χ1n) is 4.30. The van der Waals surface area contributed by atoms with Crippen LogP contribution in [0.4, 0.5) is 0 Å². The van der Waals surface area contributed by atoms with Crippen LogP contribution in [0.5, 0.6) is 0 Å². The van der Waals surface area contributed by atoms with Crippen LogP contribution in [-0.2, 0) is 11.3 Å². The van der Waals surface area contributed by atoms with Crippen LogP contribution >= 0.6 is 11.6 Å². The molecule has 13 heavy (non-hydrogen) atoms. The van der Waals surface area contributed by atoms with Gasteiger partial charge in [-0.15, -0.1) is 0 Å². The van der Waals surface area contributed by atoms with Gasteiger partial charge >= 0.3 is 0 Å².